The molecule has 0 bridgehead atoms. The van der Waals surface area contributed by atoms with E-state index in [2.05, 4.69) is 48.6 Å². The van der Waals surface area contributed by atoms with Crippen molar-refractivity contribution in [3.63, 3.8) is 0 Å². The van der Waals surface area contributed by atoms with Crippen LogP contribution in [0.4, 0.5) is 0 Å². The lowest BCUT2D eigenvalue weighted by Gasteiger charge is -2.01. The summed E-state index contributed by atoms with van der Waals surface area (Å²) in [7, 11) is 0. The van der Waals surface area contributed by atoms with Gasteiger partial charge in [-0.2, -0.15) is 0 Å². The van der Waals surface area contributed by atoms with Crippen molar-refractivity contribution < 1.29 is 0 Å². The van der Waals surface area contributed by atoms with Crippen LogP contribution in [0.2, 0.25) is 0 Å². The van der Waals surface area contributed by atoms with Crippen LogP contribution in [0.1, 0.15) is 19.3 Å². The molecule has 0 heterocycles. The van der Waals surface area contributed by atoms with E-state index >= 15 is 0 Å². The average molecular weight is 194 g/mol. The molecule has 0 aromatic carbocycles. The Morgan fingerprint density at radius 2 is 1.20 bits per heavy atom. The highest BCUT2D eigenvalue weighted by molar-refractivity contribution is 5.62. The van der Waals surface area contributed by atoms with Crippen LogP contribution in [0.5, 0.6) is 0 Å². The minimum atomic E-state index is 1.11. The number of hydrogen-bond donors (Lipinski definition) is 0. The molecule has 74 valence electrons. The Balaban J connectivity index is 1.90. The van der Waals surface area contributed by atoms with Crippen LogP contribution in [0.3, 0.4) is 0 Å². The van der Waals surface area contributed by atoms with Gasteiger partial charge >= 0.3 is 0 Å². The van der Waals surface area contributed by atoms with Crippen molar-refractivity contribution in [2.24, 2.45) is 0 Å². The van der Waals surface area contributed by atoms with E-state index in [9.17, 15) is 0 Å². The normalized spacial score (nSPS) is 32.5. The quantitative estimate of drug-likeness (QED) is 0.546. The van der Waals surface area contributed by atoms with Crippen molar-refractivity contribution in [1.82, 2.24) is 0 Å². The first-order valence-corrected chi connectivity index (χ1v) is 5.56. The summed E-state index contributed by atoms with van der Waals surface area (Å²) >= 11 is 0. The molecule has 0 heteroatoms. The Labute approximate surface area is 90.7 Å². The predicted octanol–water partition coefficient (Wildman–Crippen LogP) is 4.02. The third-order valence-corrected chi connectivity index (χ3v) is 3.13. The minimum Gasteiger partial charge on any atom is -0.0801 e. The van der Waals surface area contributed by atoms with Gasteiger partial charge in [0.1, 0.15) is 0 Å². The van der Waals surface area contributed by atoms with Gasteiger partial charge in [-0.25, -0.2) is 0 Å². The molecular weight excluding hydrogens is 180 g/mol. The first kappa shape index (κ1) is 8.72. The summed E-state index contributed by atoms with van der Waals surface area (Å²) in [6.45, 7) is 0. The molecule has 3 rings (SSSR count). The fraction of sp³-hybridized carbons (Fsp3) is 0.200. The summed E-state index contributed by atoms with van der Waals surface area (Å²) in [5.41, 5.74) is 6.21. The second kappa shape index (κ2) is 3.54. The minimum absolute atomic E-state index is 1.11. The summed E-state index contributed by atoms with van der Waals surface area (Å²) in [4.78, 5) is 0. The molecule has 0 atom stereocenters. The van der Waals surface area contributed by atoms with Crippen molar-refractivity contribution in [2.75, 3.05) is 0 Å². The topological polar surface area (TPSA) is 0 Å². The van der Waals surface area contributed by atoms with E-state index in [4.69, 9.17) is 0 Å². The third-order valence-electron chi connectivity index (χ3n) is 3.13. The van der Waals surface area contributed by atoms with Gasteiger partial charge < -0.3 is 0 Å². The molecule has 1 fully saturated rings. The standard InChI is InChI=1S/C15H14/c1-3-7-12(8-4-1)14-11-15(14)13-9-5-2-6-10-13/h1-7,9H,8,10-11H2/b14-12+,15-13+. The molecule has 15 heavy (non-hydrogen) atoms. The molecule has 0 nitrogen and oxygen atoms in total. The molecule has 3 aliphatic rings. The van der Waals surface area contributed by atoms with Gasteiger partial charge in [-0.3, -0.25) is 0 Å². The highest BCUT2D eigenvalue weighted by Crippen LogP contribution is 2.45. The Kier molecular flexibility index (Phi) is 2.06. The maximum absolute atomic E-state index is 2.26. The van der Waals surface area contributed by atoms with Gasteiger partial charge in [0.25, 0.3) is 0 Å². The van der Waals surface area contributed by atoms with E-state index < -0.39 is 0 Å². The van der Waals surface area contributed by atoms with Gasteiger partial charge in [0.15, 0.2) is 0 Å². The monoisotopic (exact) mass is 194 g/mol. The zero-order chi connectivity index (χ0) is 10.1. The molecule has 1 saturated carbocycles. The first-order valence-electron chi connectivity index (χ1n) is 5.56. The Morgan fingerprint density at radius 1 is 0.667 bits per heavy atom. The highest BCUT2D eigenvalue weighted by Gasteiger charge is 2.26. The summed E-state index contributed by atoms with van der Waals surface area (Å²) in [6.07, 6.45) is 21.0. The second-order valence-electron chi connectivity index (χ2n) is 4.17. The molecule has 0 radical (unpaired) electrons. The molecule has 0 N–H and O–H groups in total. The number of rotatable bonds is 0. The van der Waals surface area contributed by atoms with Gasteiger partial charge in [-0.05, 0) is 41.6 Å². The molecule has 3 aliphatic carbocycles. The average Bonchev–Trinajstić information content (AvgIpc) is 3.11. The van der Waals surface area contributed by atoms with Gasteiger partial charge in [0.2, 0.25) is 0 Å². The summed E-state index contributed by atoms with van der Waals surface area (Å²) in [5, 5.41) is 0. The largest absolute Gasteiger partial charge is 0.0801 e. The van der Waals surface area contributed by atoms with Gasteiger partial charge in [-0.1, -0.05) is 48.6 Å². The van der Waals surface area contributed by atoms with Crippen molar-refractivity contribution >= 4 is 0 Å². The smallest absolute Gasteiger partial charge is 0.00142 e. The predicted molar refractivity (Wildman–Crippen MR) is 64.5 cm³/mol. The Hall–Kier alpha value is -1.56. The van der Waals surface area contributed by atoms with Crippen molar-refractivity contribution in [1.29, 1.82) is 0 Å². The molecule has 0 unspecified atom stereocenters. The third kappa shape index (κ3) is 1.68. The van der Waals surface area contributed by atoms with E-state index in [0.29, 0.717) is 0 Å². The molecule has 0 aromatic rings. The molecule has 0 saturated heterocycles. The lowest BCUT2D eigenvalue weighted by Crippen LogP contribution is -1.82. The van der Waals surface area contributed by atoms with Crippen molar-refractivity contribution in [3.05, 3.63) is 70.9 Å². The van der Waals surface area contributed by atoms with E-state index in [1.807, 2.05) is 0 Å². The van der Waals surface area contributed by atoms with E-state index in [1.165, 1.54) is 17.6 Å². The number of hydrogen-bond acceptors (Lipinski definition) is 0. The fourth-order valence-electron chi connectivity index (χ4n) is 2.22. The SMILES string of the molecule is C1=CC/C(=C2\C\C2=C2\C=CC=CC2)C=C1. The van der Waals surface area contributed by atoms with E-state index in [-0.39, 0.29) is 0 Å². The van der Waals surface area contributed by atoms with Gasteiger partial charge in [-0.15, -0.1) is 0 Å². The first-order chi connectivity index (χ1) is 7.45. The second-order valence-corrected chi connectivity index (χ2v) is 4.17. The Bertz CT molecular complexity index is 418. The number of allylic oxidation sites excluding steroid dienone is 12. The van der Waals surface area contributed by atoms with E-state index in [0.717, 1.165) is 12.8 Å². The molecule has 0 aromatic heterocycles. The molecule has 0 aliphatic heterocycles. The molecular formula is C15H14. The molecule has 0 spiro atoms. The molecule has 0 amide bonds. The highest BCUT2D eigenvalue weighted by atomic mass is 14.3. The fourth-order valence-corrected chi connectivity index (χ4v) is 2.22. The summed E-state index contributed by atoms with van der Waals surface area (Å²) < 4.78 is 0. The van der Waals surface area contributed by atoms with Gasteiger partial charge in [0.05, 0.1) is 0 Å². The zero-order valence-electron chi connectivity index (χ0n) is 8.74. The summed E-state index contributed by atoms with van der Waals surface area (Å²) in [5.74, 6) is 0. The van der Waals surface area contributed by atoms with Crippen LogP contribution in [0.25, 0.3) is 0 Å². The Morgan fingerprint density at radius 3 is 1.60 bits per heavy atom. The van der Waals surface area contributed by atoms with Crippen LogP contribution < -0.4 is 0 Å². The van der Waals surface area contributed by atoms with Crippen molar-refractivity contribution in [2.45, 2.75) is 19.3 Å². The van der Waals surface area contributed by atoms with Gasteiger partial charge in [0, 0.05) is 0 Å². The lowest BCUT2D eigenvalue weighted by molar-refractivity contribution is 1.24. The van der Waals surface area contributed by atoms with Crippen LogP contribution in [0, 0.1) is 0 Å². The maximum Gasteiger partial charge on any atom is -0.00142 e. The van der Waals surface area contributed by atoms with Crippen LogP contribution in [0.15, 0.2) is 70.9 Å². The van der Waals surface area contributed by atoms with Crippen LogP contribution >= 0.6 is 0 Å². The lowest BCUT2D eigenvalue weighted by atomic mass is 10.0. The van der Waals surface area contributed by atoms with Crippen molar-refractivity contribution in [3.8, 4) is 0 Å². The summed E-state index contributed by atoms with van der Waals surface area (Å²) in [6, 6.07) is 0. The van der Waals surface area contributed by atoms with Crippen LogP contribution in [-0.4, -0.2) is 0 Å². The zero-order valence-corrected chi connectivity index (χ0v) is 8.74. The maximum atomic E-state index is 2.26. The van der Waals surface area contributed by atoms with E-state index in [1.54, 1.807) is 11.1 Å². The van der Waals surface area contributed by atoms with Crippen LogP contribution in [-0.2, 0) is 0 Å².